The summed E-state index contributed by atoms with van der Waals surface area (Å²) in [5, 5.41) is 7.01. The van der Waals surface area contributed by atoms with E-state index in [2.05, 4.69) is 25.2 Å². The minimum Gasteiger partial charge on any atom is -0.494 e. The molecule has 1 fully saturated rings. The van der Waals surface area contributed by atoms with E-state index < -0.39 is 33.6 Å². The Morgan fingerprint density at radius 1 is 1.12 bits per heavy atom. The average molecular weight is 621 g/mol. The number of carbonyl (C=O) groups is 2. The molecule has 234 valence electrons. The molecule has 1 unspecified atom stereocenters. The van der Waals surface area contributed by atoms with Crippen molar-refractivity contribution in [3.8, 4) is 5.75 Å². The van der Waals surface area contributed by atoms with Gasteiger partial charge in [0.2, 0.25) is 0 Å². The second-order valence-corrected chi connectivity index (χ2v) is 13.0. The van der Waals surface area contributed by atoms with Crippen molar-refractivity contribution in [1.82, 2.24) is 24.7 Å². The van der Waals surface area contributed by atoms with E-state index in [4.69, 9.17) is 14.3 Å². The molecule has 43 heavy (non-hydrogen) atoms. The lowest BCUT2D eigenvalue weighted by molar-refractivity contribution is 0.0243. The van der Waals surface area contributed by atoms with Crippen molar-refractivity contribution in [3.63, 3.8) is 0 Å². The number of hydrogen-bond donors (Lipinski definition) is 3. The van der Waals surface area contributed by atoms with Crippen LogP contribution in [0.4, 0.5) is 9.18 Å². The van der Waals surface area contributed by atoms with Crippen LogP contribution in [0.5, 0.6) is 5.75 Å². The first-order valence-corrected chi connectivity index (χ1v) is 15.4. The highest BCUT2D eigenvalue weighted by atomic mass is 32.2. The van der Waals surface area contributed by atoms with E-state index in [0.717, 1.165) is 0 Å². The second kappa shape index (κ2) is 13.2. The van der Waals surface area contributed by atoms with Crippen LogP contribution in [-0.2, 0) is 26.3 Å². The fraction of sp³-hybridized carbons (Fsp3) is 0.536. The van der Waals surface area contributed by atoms with Gasteiger partial charge < -0.3 is 19.6 Å². The predicted octanol–water partition coefficient (Wildman–Crippen LogP) is 3.27. The van der Waals surface area contributed by atoms with Crippen molar-refractivity contribution >= 4 is 27.9 Å². The summed E-state index contributed by atoms with van der Waals surface area (Å²) in [5.74, 6) is -0.292. The minimum atomic E-state index is -4.07. The summed E-state index contributed by atoms with van der Waals surface area (Å²) in [6, 6.07) is 5.57. The van der Waals surface area contributed by atoms with E-state index >= 15 is 0 Å². The van der Waals surface area contributed by atoms with Gasteiger partial charge in [0.1, 0.15) is 28.9 Å². The van der Waals surface area contributed by atoms with Gasteiger partial charge in [-0.15, -0.1) is 0 Å². The monoisotopic (exact) mass is 620 g/mol. The summed E-state index contributed by atoms with van der Waals surface area (Å²) >= 11 is 0. The first kappa shape index (κ1) is 32.1. The van der Waals surface area contributed by atoms with Crippen LogP contribution in [0.1, 0.15) is 80.4 Å². The van der Waals surface area contributed by atoms with Crippen LogP contribution in [0.15, 0.2) is 29.4 Å². The van der Waals surface area contributed by atoms with Gasteiger partial charge in [-0.2, -0.15) is 13.1 Å². The molecule has 1 aromatic heterocycles. The molecule has 3 N–H and O–H groups in total. The lowest BCUT2D eigenvalue weighted by Crippen LogP contribution is -2.47. The standard InChI is InChI=1S/C28H37FN6O7S/c1-16-31-21(13-23(32-16)26(36)30-15-17-6-11-20(29)25(12-17)40-5)22-14-24(42-33-22)18-7-9-19(10-8-18)34-43(38,39)35-27(37)41-28(2,3)4/h6,11-13,18-19,24,34H,7-10,14-15H2,1-5H3,(H,30,36)(H,35,37)/t18-,19-,24?. The molecule has 1 aromatic carbocycles. The van der Waals surface area contributed by atoms with Crippen molar-refractivity contribution < 1.29 is 36.7 Å². The van der Waals surface area contributed by atoms with Crippen LogP contribution in [0.2, 0.25) is 0 Å². The third-order valence-electron chi connectivity index (χ3n) is 6.96. The largest absolute Gasteiger partial charge is 0.494 e. The van der Waals surface area contributed by atoms with Gasteiger partial charge in [0.15, 0.2) is 11.6 Å². The molecule has 2 heterocycles. The molecule has 2 aliphatic rings. The maximum Gasteiger partial charge on any atom is 0.422 e. The van der Waals surface area contributed by atoms with Gasteiger partial charge in [0.05, 0.1) is 12.8 Å². The number of rotatable bonds is 9. The SMILES string of the molecule is COc1cc(CNC(=O)c2cc(C3=NOC([C@H]4CC[C@H](NS(=O)(=O)NC(=O)OC(C)(C)C)CC4)C3)nc(C)n2)ccc1F. The molecule has 1 saturated carbocycles. The molecule has 2 amide bonds. The van der Waals surface area contributed by atoms with E-state index in [1.165, 1.54) is 19.2 Å². The molecule has 1 aliphatic carbocycles. The Hall–Kier alpha value is -3.85. The van der Waals surface area contributed by atoms with Crippen molar-refractivity contribution in [2.45, 2.75) is 84.1 Å². The van der Waals surface area contributed by atoms with Crippen LogP contribution < -0.4 is 19.5 Å². The zero-order valence-corrected chi connectivity index (χ0v) is 25.6. The van der Waals surface area contributed by atoms with E-state index in [1.807, 2.05) is 4.72 Å². The number of oxime groups is 1. The smallest absolute Gasteiger partial charge is 0.422 e. The lowest BCUT2D eigenvalue weighted by Gasteiger charge is -2.31. The first-order valence-electron chi connectivity index (χ1n) is 13.9. The lowest BCUT2D eigenvalue weighted by atomic mass is 9.81. The van der Waals surface area contributed by atoms with Crippen molar-refractivity contribution in [2.75, 3.05) is 7.11 Å². The van der Waals surface area contributed by atoms with Crippen molar-refractivity contribution in [1.29, 1.82) is 0 Å². The molecule has 15 heteroatoms. The van der Waals surface area contributed by atoms with Gasteiger partial charge in [-0.3, -0.25) is 4.79 Å². The number of ether oxygens (including phenoxy) is 2. The fourth-order valence-electron chi connectivity index (χ4n) is 4.99. The molecule has 0 radical (unpaired) electrons. The summed E-state index contributed by atoms with van der Waals surface area (Å²) in [4.78, 5) is 39.2. The van der Waals surface area contributed by atoms with Gasteiger partial charge in [-0.05, 0) is 83.1 Å². The van der Waals surface area contributed by atoms with Gasteiger partial charge in [-0.25, -0.2) is 23.9 Å². The number of halogens is 1. The Labute approximate surface area is 250 Å². The minimum absolute atomic E-state index is 0.0886. The molecule has 0 saturated heterocycles. The van der Waals surface area contributed by atoms with E-state index in [-0.39, 0.29) is 36.1 Å². The highest BCUT2D eigenvalue weighted by Crippen LogP contribution is 2.33. The number of aryl methyl sites for hydroxylation is 1. The Balaban J connectivity index is 1.29. The number of carbonyl (C=O) groups excluding carboxylic acids is 2. The molecule has 1 aliphatic heterocycles. The Morgan fingerprint density at radius 3 is 2.51 bits per heavy atom. The van der Waals surface area contributed by atoms with Crippen LogP contribution in [0.3, 0.4) is 0 Å². The zero-order valence-electron chi connectivity index (χ0n) is 24.8. The Bertz CT molecular complexity index is 1490. The molecule has 4 rings (SSSR count). The number of nitrogens with zero attached hydrogens (tertiary/aromatic N) is 3. The van der Waals surface area contributed by atoms with Crippen LogP contribution >= 0.6 is 0 Å². The summed E-state index contributed by atoms with van der Waals surface area (Å²) in [5.41, 5.74) is 1.08. The van der Waals surface area contributed by atoms with E-state index in [9.17, 15) is 22.4 Å². The fourth-order valence-corrected chi connectivity index (χ4v) is 5.98. The average Bonchev–Trinajstić information content (AvgIpc) is 3.41. The molecule has 2 aromatic rings. The van der Waals surface area contributed by atoms with Crippen LogP contribution in [0, 0.1) is 18.7 Å². The molecule has 13 nitrogen and oxygen atoms in total. The maximum absolute atomic E-state index is 13.7. The second-order valence-electron chi connectivity index (χ2n) is 11.6. The molecular formula is C28H37FN6O7S. The Kier molecular flexibility index (Phi) is 9.85. The zero-order chi connectivity index (χ0) is 31.4. The quantitative estimate of drug-likeness (QED) is 0.381. The topological polar surface area (TPSA) is 170 Å². The third-order valence-corrected chi connectivity index (χ3v) is 8.04. The number of nitrogens with one attached hydrogen (secondary N) is 3. The summed E-state index contributed by atoms with van der Waals surface area (Å²) < 4.78 is 52.8. The Morgan fingerprint density at radius 2 is 1.84 bits per heavy atom. The van der Waals surface area contributed by atoms with Crippen molar-refractivity contribution in [3.05, 3.63) is 52.9 Å². The number of benzene rings is 1. The molecule has 0 spiro atoms. The highest BCUT2D eigenvalue weighted by Gasteiger charge is 2.35. The van der Waals surface area contributed by atoms with Crippen LogP contribution in [-0.4, -0.2) is 61.0 Å². The maximum atomic E-state index is 13.7. The van der Waals surface area contributed by atoms with Gasteiger partial charge >= 0.3 is 16.3 Å². The normalized spacial score (nSPS) is 20.5. The molecule has 1 atom stereocenters. The number of hydrogen-bond acceptors (Lipinski definition) is 10. The van der Waals surface area contributed by atoms with E-state index in [0.29, 0.717) is 54.9 Å². The summed E-state index contributed by atoms with van der Waals surface area (Å²) in [6.07, 6.45) is 1.74. The van der Waals surface area contributed by atoms with E-state index in [1.54, 1.807) is 39.8 Å². The van der Waals surface area contributed by atoms with Gasteiger partial charge in [0, 0.05) is 19.0 Å². The number of amides is 2. The third kappa shape index (κ3) is 9.07. The highest BCUT2D eigenvalue weighted by molar-refractivity contribution is 7.88. The first-order chi connectivity index (χ1) is 20.2. The number of methoxy groups -OCH3 is 1. The predicted molar refractivity (Wildman–Crippen MR) is 154 cm³/mol. The molecular weight excluding hydrogens is 583 g/mol. The van der Waals surface area contributed by atoms with Crippen molar-refractivity contribution in [2.24, 2.45) is 11.1 Å². The number of aromatic nitrogens is 2. The summed E-state index contributed by atoms with van der Waals surface area (Å²) in [7, 11) is -2.70. The van der Waals surface area contributed by atoms with Crippen LogP contribution in [0.25, 0.3) is 0 Å². The van der Waals surface area contributed by atoms with Gasteiger partial charge in [0.25, 0.3) is 5.91 Å². The molecule has 0 bridgehead atoms. The van der Waals surface area contributed by atoms with Gasteiger partial charge in [-0.1, -0.05) is 11.2 Å². The summed E-state index contributed by atoms with van der Waals surface area (Å²) in [6.45, 7) is 6.76.